The number of halogens is 2. The summed E-state index contributed by atoms with van der Waals surface area (Å²) in [5.41, 5.74) is 0.367. The summed E-state index contributed by atoms with van der Waals surface area (Å²) in [7, 11) is 0. The molecule has 7 heteroatoms. The van der Waals surface area contributed by atoms with Crippen LogP contribution in [0.4, 0.5) is 0 Å². The van der Waals surface area contributed by atoms with E-state index in [-0.39, 0.29) is 52.3 Å². The topological polar surface area (TPSA) is 68.8 Å². The van der Waals surface area contributed by atoms with E-state index in [1.807, 2.05) is 0 Å². The van der Waals surface area contributed by atoms with Crippen molar-refractivity contribution in [2.75, 3.05) is 0 Å². The van der Waals surface area contributed by atoms with Crippen molar-refractivity contribution in [1.82, 2.24) is 9.97 Å². The molecule has 0 aliphatic carbocycles. The Kier molecular flexibility index (Phi) is 4.96. The van der Waals surface area contributed by atoms with E-state index >= 15 is 0 Å². The van der Waals surface area contributed by atoms with Crippen molar-refractivity contribution in [3.8, 4) is 17.1 Å². The van der Waals surface area contributed by atoms with Gasteiger partial charge in [0.15, 0.2) is 0 Å². The number of fused-ring (bicyclic) bond motifs is 1. The Hall–Kier alpha value is -1.04. The van der Waals surface area contributed by atoms with E-state index in [1.165, 1.54) is 24.3 Å². The van der Waals surface area contributed by atoms with Gasteiger partial charge in [0.05, 0.1) is 10.9 Å². The van der Waals surface area contributed by atoms with Crippen LogP contribution >= 0.6 is 23.2 Å². The van der Waals surface area contributed by atoms with Crippen molar-refractivity contribution >= 4 is 34.1 Å². The van der Waals surface area contributed by atoms with Crippen LogP contribution in [0.15, 0.2) is 41.2 Å². The summed E-state index contributed by atoms with van der Waals surface area (Å²) < 4.78 is 0. The zero-order valence-electron chi connectivity index (χ0n) is 11.0. The molecule has 1 aromatic heterocycles. The first-order valence-corrected chi connectivity index (χ1v) is 6.47. The molecule has 0 saturated heterocycles. The minimum absolute atomic E-state index is 0. The smallest absolute Gasteiger partial charge is 0.872 e. The SMILES string of the molecule is O=c1[nH]c(-c2cc(Cl)ccc2[O-])nc2ccc(Cl)cc12.[Na+]. The number of hydrogen-bond acceptors (Lipinski definition) is 3. The monoisotopic (exact) mass is 328 g/mol. The van der Waals surface area contributed by atoms with Crippen LogP contribution < -0.4 is 40.2 Å². The number of aromatic amines is 1. The molecular weight excluding hydrogens is 322 g/mol. The number of H-pyrrole nitrogens is 1. The van der Waals surface area contributed by atoms with Gasteiger partial charge in [-0.05, 0) is 30.3 Å². The van der Waals surface area contributed by atoms with Crippen LogP contribution in [0.25, 0.3) is 22.3 Å². The maximum atomic E-state index is 12.0. The predicted octanol–water partition coefficient (Wildman–Crippen LogP) is -0.0255. The second-order valence-electron chi connectivity index (χ2n) is 4.22. The van der Waals surface area contributed by atoms with E-state index < -0.39 is 0 Å². The fraction of sp³-hybridized carbons (Fsp3) is 0. The molecule has 100 valence electrons. The first-order chi connectivity index (χ1) is 9.54. The van der Waals surface area contributed by atoms with E-state index in [1.54, 1.807) is 12.1 Å². The third kappa shape index (κ3) is 3.25. The number of benzene rings is 2. The minimum Gasteiger partial charge on any atom is -0.872 e. The molecule has 1 N–H and O–H groups in total. The maximum Gasteiger partial charge on any atom is 1.00 e. The van der Waals surface area contributed by atoms with E-state index in [4.69, 9.17) is 23.2 Å². The zero-order chi connectivity index (χ0) is 14.3. The molecule has 0 atom stereocenters. The van der Waals surface area contributed by atoms with Gasteiger partial charge in [-0.15, -0.1) is 0 Å². The molecule has 0 bridgehead atoms. The predicted molar refractivity (Wildman–Crippen MR) is 77.3 cm³/mol. The van der Waals surface area contributed by atoms with Crippen molar-refractivity contribution in [3.05, 3.63) is 56.8 Å². The first-order valence-electron chi connectivity index (χ1n) is 5.71. The molecule has 0 saturated carbocycles. The van der Waals surface area contributed by atoms with E-state index in [0.717, 1.165) is 0 Å². The molecule has 0 spiro atoms. The standard InChI is InChI=1S/C14H8Cl2N2O2.Na/c15-7-1-3-11-9(5-7)14(20)18-13(17-11)10-6-8(16)2-4-12(10)19;/h1-6,19H,(H,17,18,20);/q;+1/p-1. The molecule has 0 radical (unpaired) electrons. The van der Waals surface area contributed by atoms with Crippen molar-refractivity contribution in [3.63, 3.8) is 0 Å². The Labute approximate surface area is 152 Å². The summed E-state index contributed by atoms with van der Waals surface area (Å²) in [5, 5.41) is 13.1. The molecule has 0 aliphatic rings. The Morgan fingerprint density at radius 1 is 1.05 bits per heavy atom. The Morgan fingerprint density at radius 2 is 1.71 bits per heavy atom. The third-order valence-electron chi connectivity index (χ3n) is 2.86. The zero-order valence-corrected chi connectivity index (χ0v) is 14.5. The molecule has 21 heavy (non-hydrogen) atoms. The molecular formula is C14H7Cl2N2NaO2. The molecule has 0 fully saturated rings. The summed E-state index contributed by atoms with van der Waals surface area (Å²) in [6.07, 6.45) is 0. The summed E-state index contributed by atoms with van der Waals surface area (Å²) in [5.74, 6) is -0.0665. The van der Waals surface area contributed by atoms with Crippen LogP contribution in [0, 0.1) is 0 Å². The number of aromatic nitrogens is 2. The number of rotatable bonds is 1. The Morgan fingerprint density at radius 3 is 2.48 bits per heavy atom. The summed E-state index contributed by atoms with van der Waals surface area (Å²) in [6.45, 7) is 0. The molecule has 4 nitrogen and oxygen atoms in total. The van der Waals surface area contributed by atoms with Gasteiger partial charge in [-0.1, -0.05) is 35.0 Å². The second kappa shape index (κ2) is 6.38. The van der Waals surface area contributed by atoms with Crippen LogP contribution in [-0.2, 0) is 0 Å². The number of nitrogens with zero attached hydrogens (tertiary/aromatic N) is 1. The van der Waals surface area contributed by atoms with Crippen LogP contribution in [-0.4, -0.2) is 9.97 Å². The molecule has 0 amide bonds. The quantitative estimate of drug-likeness (QED) is 0.638. The Bertz CT molecular complexity index is 880. The van der Waals surface area contributed by atoms with Crippen molar-refractivity contribution in [2.24, 2.45) is 0 Å². The molecule has 3 rings (SSSR count). The van der Waals surface area contributed by atoms with Gasteiger partial charge in [-0.3, -0.25) is 4.79 Å². The van der Waals surface area contributed by atoms with Gasteiger partial charge in [0.25, 0.3) is 5.56 Å². The van der Waals surface area contributed by atoms with Crippen LogP contribution in [0.5, 0.6) is 5.75 Å². The van der Waals surface area contributed by atoms with E-state index in [9.17, 15) is 9.90 Å². The second-order valence-corrected chi connectivity index (χ2v) is 5.09. The molecule has 1 heterocycles. The van der Waals surface area contributed by atoms with Crippen LogP contribution in [0.1, 0.15) is 0 Å². The summed E-state index contributed by atoms with van der Waals surface area (Å²) in [6, 6.07) is 9.10. The minimum atomic E-state index is -0.355. The summed E-state index contributed by atoms with van der Waals surface area (Å²) in [4.78, 5) is 18.9. The first kappa shape index (κ1) is 16.3. The molecule has 0 unspecified atom stereocenters. The maximum absolute atomic E-state index is 12.0. The van der Waals surface area contributed by atoms with Crippen molar-refractivity contribution in [2.45, 2.75) is 0 Å². The average molecular weight is 329 g/mol. The fourth-order valence-electron chi connectivity index (χ4n) is 1.93. The van der Waals surface area contributed by atoms with Gasteiger partial charge in [-0.25, -0.2) is 4.98 Å². The van der Waals surface area contributed by atoms with Gasteiger partial charge in [0.1, 0.15) is 5.82 Å². The third-order valence-corrected chi connectivity index (χ3v) is 3.33. The summed E-state index contributed by atoms with van der Waals surface area (Å²) >= 11 is 11.7. The van der Waals surface area contributed by atoms with Crippen molar-refractivity contribution < 1.29 is 34.7 Å². The fourth-order valence-corrected chi connectivity index (χ4v) is 2.27. The van der Waals surface area contributed by atoms with Crippen LogP contribution in [0.3, 0.4) is 0 Å². The Balaban J connectivity index is 0.00000161. The van der Waals surface area contributed by atoms with Gasteiger partial charge in [0, 0.05) is 15.6 Å². The molecule has 0 aliphatic heterocycles. The average Bonchev–Trinajstić information content (AvgIpc) is 2.42. The normalized spacial score (nSPS) is 10.4. The van der Waals surface area contributed by atoms with Gasteiger partial charge in [0.2, 0.25) is 0 Å². The van der Waals surface area contributed by atoms with Gasteiger partial charge < -0.3 is 10.1 Å². The van der Waals surface area contributed by atoms with E-state index in [0.29, 0.717) is 20.9 Å². The molecule has 3 aromatic rings. The largest absolute Gasteiger partial charge is 1.00 e. The van der Waals surface area contributed by atoms with Crippen LogP contribution in [0.2, 0.25) is 10.0 Å². The van der Waals surface area contributed by atoms with E-state index in [2.05, 4.69) is 9.97 Å². The number of hydrogen-bond donors (Lipinski definition) is 1. The number of nitrogens with one attached hydrogen (secondary N) is 1. The molecule has 2 aromatic carbocycles. The van der Waals surface area contributed by atoms with Crippen molar-refractivity contribution in [1.29, 1.82) is 0 Å². The van der Waals surface area contributed by atoms with Gasteiger partial charge in [-0.2, -0.15) is 0 Å². The van der Waals surface area contributed by atoms with Gasteiger partial charge >= 0.3 is 29.6 Å².